The predicted molar refractivity (Wildman–Crippen MR) is 163 cm³/mol. The summed E-state index contributed by atoms with van der Waals surface area (Å²) in [7, 11) is 0. The third-order valence-electron chi connectivity index (χ3n) is 7.90. The first kappa shape index (κ1) is 31.2. The van der Waals surface area contributed by atoms with Gasteiger partial charge < -0.3 is 21.3 Å². The van der Waals surface area contributed by atoms with Gasteiger partial charge in [-0.1, -0.05) is 12.1 Å². The van der Waals surface area contributed by atoms with Crippen molar-refractivity contribution in [1.82, 2.24) is 19.4 Å². The number of rotatable bonds is 7. The normalized spacial score (nSPS) is 17.6. The number of piperidine rings is 1. The van der Waals surface area contributed by atoms with Crippen molar-refractivity contribution >= 4 is 40.9 Å². The molecule has 1 unspecified atom stereocenters. The number of carbonyl (C=O) groups excluding carboxylic acids is 2. The van der Waals surface area contributed by atoms with E-state index in [9.17, 15) is 19.2 Å². The lowest BCUT2D eigenvalue weighted by Crippen LogP contribution is -2.50. The van der Waals surface area contributed by atoms with Crippen molar-refractivity contribution in [2.75, 3.05) is 18.4 Å². The summed E-state index contributed by atoms with van der Waals surface area (Å²) in [6, 6.07) is 8.33. The van der Waals surface area contributed by atoms with E-state index in [0.29, 0.717) is 37.4 Å². The number of fused-ring (bicyclic) bond motifs is 1. The monoisotopic (exact) mass is 600 g/mol. The summed E-state index contributed by atoms with van der Waals surface area (Å²) in [4.78, 5) is 53.9. The first-order valence-corrected chi connectivity index (χ1v) is 14.2. The van der Waals surface area contributed by atoms with E-state index in [2.05, 4.69) is 10.6 Å². The van der Waals surface area contributed by atoms with Crippen LogP contribution in [-0.4, -0.2) is 45.1 Å². The topological polar surface area (TPSA) is 131 Å². The number of amides is 3. The third-order valence-corrected chi connectivity index (χ3v) is 7.90. The molecule has 2 aromatic carbocycles. The summed E-state index contributed by atoms with van der Waals surface area (Å²) in [6.45, 7) is 6.51. The molecular weight excluding hydrogens is 563 g/mol. The number of aromatic nitrogens is 2. The van der Waals surface area contributed by atoms with Crippen LogP contribution in [0, 0.1) is 11.7 Å². The molecule has 1 saturated carbocycles. The second-order valence-corrected chi connectivity index (χ2v) is 11.6. The molecule has 1 saturated heterocycles. The summed E-state index contributed by atoms with van der Waals surface area (Å²) < 4.78 is 17.9. The van der Waals surface area contributed by atoms with E-state index < -0.39 is 23.1 Å². The molecule has 1 aliphatic carbocycles. The van der Waals surface area contributed by atoms with Crippen molar-refractivity contribution in [2.24, 2.45) is 11.7 Å². The number of nitrogens with two attached hydrogens (primary N) is 1. The molecule has 226 valence electrons. The highest BCUT2D eigenvalue weighted by atomic mass is 35.5. The van der Waals surface area contributed by atoms with Crippen molar-refractivity contribution in [3.05, 3.63) is 74.2 Å². The van der Waals surface area contributed by atoms with Crippen LogP contribution < -0.4 is 27.6 Å². The van der Waals surface area contributed by atoms with E-state index in [-0.39, 0.29) is 59.6 Å². The molecule has 3 aromatic rings. The summed E-state index contributed by atoms with van der Waals surface area (Å²) in [5.41, 5.74) is 6.44. The van der Waals surface area contributed by atoms with Crippen molar-refractivity contribution in [3.8, 4) is 0 Å². The molecule has 12 heteroatoms. The zero-order valence-corrected chi connectivity index (χ0v) is 24.9. The van der Waals surface area contributed by atoms with Gasteiger partial charge in [0, 0.05) is 49.4 Å². The molecule has 2 aliphatic rings. The number of nitrogens with zero attached hydrogens (tertiary/aromatic N) is 3. The highest BCUT2D eigenvalue weighted by molar-refractivity contribution is 5.95. The minimum absolute atomic E-state index is 0. The number of urea groups is 1. The zero-order chi connectivity index (χ0) is 29.4. The molecule has 0 radical (unpaired) electrons. The van der Waals surface area contributed by atoms with Crippen LogP contribution in [0.15, 0.2) is 46.0 Å². The van der Waals surface area contributed by atoms with Crippen LogP contribution in [0.4, 0.5) is 14.9 Å². The molecule has 3 amide bonds. The Kier molecular flexibility index (Phi) is 9.42. The van der Waals surface area contributed by atoms with Crippen molar-refractivity contribution < 1.29 is 14.0 Å². The molecule has 2 atom stereocenters. The van der Waals surface area contributed by atoms with Crippen molar-refractivity contribution in [2.45, 2.75) is 71.1 Å². The molecule has 0 bridgehead atoms. The second-order valence-electron chi connectivity index (χ2n) is 11.6. The molecule has 1 aliphatic heterocycles. The fourth-order valence-electron chi connectivity index (χ4n) is 5.39. The largest absolute Gasteiger partial charge is 0.348 e. The number of anilines is 1. The van der Waals surface area contributed by atoms with Crippen molar-refractivity contribution in [3.63, 3.8) is 0 Å². The Morgan fingerprint density at radius 2 is 1.76 bits per heavy atom. The van der Waals surface area contributed by atoms with Crippen LogP contribution in [0.1, 0.15) is 74.5 Å². The van der Waals surface area contributed by atoms with Gasteiger partial charge in [-0.2, -0.15) is 0 Å². The fourth-order valence-corrected chi connectivity index (χ4v) is 5.39. The van der Waals surface area contributed by atoms with Gasteiger partial charge in [-0.15, -0.1) is 12.4 Å². The van der Waals surface area contributed by atoms with Gasteiger partial charge in [-0.25, -0.2) is 14.0 Å². The first-order chi connectivity index (χ1) is 19.5. The number of likely N-dealkylation sites (tertiary alicyclic amines) is 1. The third kappa shape index (κ3) is 6.52. The van der Waals surface area contributed by atoms with Gasteiger partial charge in [-0.3, -0.25) is 18.7 Å². The first-order valence-electron chi connectivity index (χ1n) is 14.2. The maximum atomic E-state index is 15.3. The lowest BCUT2D eigenvalue weighted by Gasteiger charge is -2.33. The Bertz CT molecular complexity index is 1600. The SMILES string of the molecule is CC(N)c1ccc(C(=O)N[C@@H]2CCCN(C(=O)Nc3cc4c(=O)n(CC5CC5)c(=O)n(C(C)C)c4cc3F)C2)cc1.Cl. The number of halogens is 2. The minimum atomic E-state index is -0.740. The molecule has 42 heavy (non-hydrogen) atoms. The van der Waals surface area contributed by atoms with Gasteiger partial charge in [-0.05, 0) is 76.1 Å². The maximum Gasteiger partial charge on any atom is 0.331 e. The lowest BCUT2D eigenvalue weighted by molar-refractivity contribution is 0.0913. The van der Waals surface area contributed by atoms with E-state index in [1.54, 1.807) is 12.1 Å². The Hall–Kier alpha value is -3.70. The quantitative estimate of drug-likeness (QED) is 0.375. The van der Waals surface area contributed by atoms with Crippen molar-refractivity contribution in [1.29, 1.82) is 0 Å². The Balaban J connectivity index is 0.00000405. The molecule has 10 nitrogen and oxygen atoms in total. The van der Waals surface area contributed by atoms with E-state index in [4.69, 9.17) is 5.73 Å². The molecular formula is C30H38ClFN6O4. The fraction of sp³-hybridized carbons (Fsp3) is 0.467. The van der Waals surface area contributed by atoms with Gasteiger partial charge in [0.15, 0.2) is 0 Å². The summed E-state index contributed by atoms with van der Waals surface area (Å²) in [5, 5.41) is 5.77. The zero-order valence-electron chi connectivity index (χ0n) is 24.1. The Morgan fingerprint density at radius 1 is 1.07 bits per heavy atom. The number of hydrogen-bond acceptors (Lipinski definition) is 5. The second kappa shape index (κ2) is 12.7. The Labute approximate surface area is 249 Å². The highest BCUT2D eigenvalue weighted by Crippen LogP contribution is 2.30. The average Bonchev–Trinajstić information content (AvgIpc) is 3.76. The van der Waals surface area contributed by atoms with E-state index >= 15 is 4.39 Å². The van der Waals surface area contributed by atoms with Gasteiger partial charge in [0.05, 0.1) is 16.6 Å². The predicted octanol–water partition coefficient (Wildman–Crippen LogP) is 4.16. The minimum Gasteiger partial charge on any atom is -0.348 e. The summed E-state index contributed by atoms with van der Waals surface area (Å²) in [5.74, 6) is -0.691. The van der Waals surface area contributed by atoms with Crippen LogP contribution in [0.2, 0.25) is 0 Å². The van der Waals surface area contributed by atoms with Gasteiger partial charge in [0.1, 0.15) is 5.82 Å². The molecule has 2 heterocycles. The molecule has 5 rings (SSSR count). The van der Waals surface area contributed by atoms with Gasteiger partial charge in [0.25, 0.3) is 11.5 Å². The smallest absolute Gasteiger partial charge is 0.331 e. The van der Waals surface area contributed by atoms with Gasteiger partial charge >= 0.3 is 11.7 Å². The van der Waals surface area contributed by atoms with Crippen LogP contribution in [0.3, 0.4) is 0 Å². The number of carbonyl (C=O) groups is 2. The van der Waals surface area contributed by atoms with E-state index in [0.717, 1.165) is 24.5 Å². The lowest BCUT2D eigenvalue weighted by atomic mass is 10.0. The summed E-state index contributed by atoms with van der Waals surface area (Å²) in [6.07, 6.45) is 3.29. The summed E-state index contributed by atoms with van der Waals surface area (Å²) >= 11 is 0. The molecule has 2 fully saturated rings. The number of benzene rings is 2. The van der Waals surface area contributed by atoms with Crippen LogP contribution in [0.25, 0.3) is 10.9 Å². The Morgan fingerprint density at radius 3 is 2.38 bits per heavy atom. The number of hydrogen-bond donors (Lipinski definition) is 3. The van der Waals surface area contributed by atoms with E-state index in [1.165, 1.54) is 20.1 Å². The van der Waals surface area contributed by atoms with Crippen LogP contribution >= 0.6 is 12.4 Å². The van der Waals surface area contributed by atoms with E-state index in [1.807, 2.05) is 32.9 Å². The van der Waals surface area contributed by atoms with Gasteiger partial charge in [0.2, 0.25) is 0 Å². The molecule has 4 N–H and O–H groups in total. The standard InChI is InChI=1S/C30H37FN6O4.ClH/c1-17(2)37-26-14-24(31)25(13-23(26)28(39)36(30(37)41)15-19-6-7-19)34-29(40)35-12-4-5-22(16-35)33-27(38)21-10-8-20(9-11-21)18(3)32;/h8-11,13-14,17-19,22H,4-7,12,15-16,32H2,1-3H3,(H,33,38)(H,34,40);1H/t18?,22-;/m1./s1. The highest BCUT2D eigenvalue weighted by Gasteiger charge is 2.28. The molecule has 0 spiro atoms. The molecule has 1 aromatic heterocycles. The average molecular weight is 601 g/mol. The number of nitrogens with one attached hydrogen (secondary N) is 2. The maximum absolute atomic E-state index is 15.3. The van der Waals surface area contributed by atoms with Crippen LogP contribution in [0.5, 0.6) is 0 Å². The van der Waals surface area contributed by atoms with Crippen LogP contribution in [-0.2, 0) is 6.54 Å².